The summed E-state index contributed by atoms with van der Waals surface area (Å²) in [5.41, 5.74) is 5.01. The summed E-state index contributed by atoms with van der Waals surface area (Å²) in [4.78, 5) is 28.6. The van der Waals surface area contributed by atoms with Crippen LogP contribution >= 0.6 is 0 Å². The van der Waals surface area contributed by atoms with Gasteiger partial charge in [-0.05, 0) is 43.4 Å². The van der Waals surface area contributed by atoms with Crippen LogP contribution in [0.2, 0.25) is 0 Å². The standard InChI is InChI=1S/C20H18N4O2/c25-12-15-10-21-11-19(23-15)17-9-20(24-18-7-2-1-6-16(17)18)26-13-14-5-3-4-8-22-14/h3-5,8-12H,1-2,6-7,13H2. The Morgan fingerprint density at radius 1 is 1.12 bits per heavy atom. The number of ether oxygens (including phenoxy) is 1. The minimum atomic E-state index is 0.319. The average molecular weight is 346 g/mol. The predicted octanol–water partition coefficient (Wildman–Crippen LogP) is 3.20. The van der Waals surface area contributed by atoms with Crippen molar-refractivity contribution in [3.8, 4) is 17.1 Å². The van der Waals surface area contributed by atoms with Crippen molar-refractivity contribution >= 4 is 6.29 Å². The molecule has 1 aliphatic carbocycles. The third-order valence-electron chi connectivity index (χ3n) is 4.42. The van der Waals surface area contributed by atoms with Gasteiger partial charge in [0.25, 0.3) is 0 Å². The van der Waals surface area contributed by atoms with E-state index in [0.717, 1.165) is 42.6 Å². The van der Waals surface area contributed by atoms with Crippen LogP contribution < -0.4 is 4.74 Å². The molecule has 130 valence electrons. The van der Waals surface area contributed by atoms with Crippen LogP contribution in [0.5, 0.6) is 5.88 Å². The fourth-order valence-corrected chi connectivity index (χ4v) is 3.18. The molecule has 0 amide bonds. The maximum Gasteiger partial charge on any atom is 0.214 e. The summed E-state index contributed by atoms with van der Waals surface area (Å²) in [6, 6.07) is 7.61. The number of pyridine rings is 2. The van der Waals surface area contributed by atoms with Crippen LogP contribution in [-0.2, 0) is 19.4 Å². The third-order valence-corrected chi connectivity index (χ3v) is 4.42. The third kappa shape index (κ3) is 3.44. The molecule has 1 aliphatic rings. The first-order valence-electron chi connectivity index (χ1n) is 8.66. The molecule has 0 N–H and O–H groups in total. The Balaban J connectivity index is 1.71. The lowest BCUT2D eigenvalue weighted by Gasteiger charge is -2.20. The van der Waals surface area contributed by atoms with E-state index < -0.39 is 0 Å². The van der Waals surface area contributed by atoms with Gasteiger partial charge in [0.05, 0.1) is 23.8 Å². The van der Waals surface area contributed by atoms with Crippen LogP contribution in [0, 0.1) is 0 Å². The van der Waals surface area contributed by atoms with E-state index in [1.54, 1.807) is 12.4 Å². The van der Waals surface area contributed by atoms with Gasteiger partial charge in [0.1, 0.15) is 12.3 Å². The molecule has 0 bridgehead atoms. The van der Waals surface area contributed by atoms with E-state index in [9.17, 15) is 4.79 Å². The van der Waals surface area contributed by atoms with Gasteiger partial charge < -0.3 is 4.74 Å². The lowest BCUT2D eigenvalue weighted by Crippen LogP contribution is -2.10. The summed E-state index contributed by atoms with van der Waals surface area (Å²) in [5.74, 6) is 0.546. The molecule has 0 aliphatic heterocycles. The Morgan fingerprint density at radius 3 is 2.88 bits per heavy atom. The molecule has 6 nitrogen and oxygen atoms in total. The zero-order valence-electron chi connectivity index (χ0n) is 14.3. The maximum absolute atomic E-state index is 11.1. The second-order valence-corrected chi connectivity index (χ2v) is 6.20. The fourth-order valence-electron chi connectivity index (χ4n) is 3.18. The van der Waals surface area contributed by atoms with Gasteiger partial charge in [0.15, 0.2) is 6.29 Å². The highest BCUT2D eigenvalue weighted by Gasteiger charge is 2.19. The van der Waals surface area contributed by atoms with Crippen molar-refractivity contribution in [3.05, 3.63) is 65.5 Å². The minimum absolute atomic E-state index is 0.319. The molecule has 3 aromatic rings. The van der Waals surface area contributed by atoms with E-state index in [0.29, 0.717) is 30.2 Å². The minimum Gasteiger partial charge on any atom is -0.471 e. The van der Waals surface area contributed by atoms with E-state index in [1.165, 1.54) is 11.8 Å². The van der Waals surface area contributed by atoms with E-state index in [2.05, 4.69) is 19.9 Å². The maximum atomic E-state index is 11.1. The van der Waals surface area contributed by atoms with Gasteiger partial charge in [-0.3, -0.25) is 14.8 Å². The Kier molecular flexibility index (Phi) is 4.64. The SMILES string of the molecule is O=Cc1cncc(-c2cc(OCc3ccccn3)nc3c2CCCC3)n1. The van der Waals surface area contributed by atoms with Gasteiger partial charge in [-0.2, -0.15) is 0 Å². The molecule has 0 aromatic carbocycles. The smallest absolute Gasteiger partial charge is 0.214 e. The first-order chi connectivity index (χ1) is 12.8. The van der Waals surface area contributed by atoms with Crippen LogP contribution in [0.25, 0.3) is 11.3 Å². The monoisotopic (exact) mass is 346 g/mol. The molecule has 3 aromatic heterocycles. The Morgan fingerprint density at radius 2 is 2.04 bits per heavy atom. The molecular formula is C20H18N4O2. The van der Waals surface area contributed by atoms with Crippen LogP contribution in [0.4, 0.5) is 0 Å². The van der Waals surface area contributed by atoms with Crippen molar-refractivity contribution < 1.29 is 9.53 Å². The normalized spacial score (nSPS) is 13.1. The van der Waals surface area contributed by atoms with E-state index in [1.807, 2.05) is 24.3 Å². The number of carbonyl (C=O) groups excluding carboxylic acids is 1. The predicted molar refractivity (Wildman–Crippen MR) is 95.9 cm³/mol. The van der Waals surface area contributed by atoms with Gasteiger partial charge >= 0.3 is 0 Å². The molecular weight excluding hydrogens is 328 g/mol. The number of rotatable bonds is 5. The number of fused-ring (bicyclic) bond motifs is 1. The summed E-state index contributed by atoms with van der Waals surface area (Å²) >= 11 is 0. The van der Waals surface area contributed by atoms with Crippen molar-refractivity contribution in [1.82, 2.24) is 19.9 Å². The Labute approximate surface area is 151 Å². The second kappa shape index (κ2) is 7.39. The molecule has 0 saturated carbocycles. The molecule has 0 radical (unpaired) electrons. The number of aryl methyl sites for hydroxylation is 1. The summed E-state index contributed by atoms with van der Waals surface area (Å²) in [6.45, 7) is 0.353. The highest BCUT2D eigenvalue weighted by atomic mass is 16.5. The van der Waals surface area contributed by atoms with E-state index >= 15 is 0 Å². The largest absolute Gasteiger partial charge is 0.471 e. The number of aromatic nitrogens is 4. The average Bonchev–Trinajstić information content (AvgIpc) is 2.72. The van der Waals surface area contributed by atoms with Crippen LogP contribution in [-0.4, -0.2) is 26.2 Å². The Hall–Kier alpha value is -3.15. The summed E-state index contributed by atoms with van der Waals surface area (Å²) in [5, 5.41) is 0. The highest BCUT2D eigenvalue weighted by Crippen LogP contribution is 2.32. The fraction of sp³-hybridized carbons (Fsp3) is 0.250. The topological polar surface area (TPSA) is 77.9 Å². The molecule has 4 rings (SSSR count). The first-order valence-corrected chi connectivity index (χ1v) is 8.66. The zero-order valence-corrected chi connectivity index (χ0v) is 14.3. The van der Waals surface area contributed by atoms with Crippen molar-refractivity contribution in [3.63, 3.8) is 0 Å². The number of nitrogens with zero attached hydrogens (tertiary/aromatic N) is 4. The molecule has 0 spiro atoms. The van der Waals surface area contributed by atoms with Gasteiger partial charge in [-0.25, -0.2) is 9.97 Å². The van der Waals surface area contributed by atoms with Crippen molar-refractivity contribution in [2.24, 2.45) is 0 Å². The summed E-state index contributed by atoms with van der Waals surface area (Å²) < 4.78 is 5.89. The number of hydrogen-bond donors (Lipinski definition) is 0. The van der Waals surface area contributed by atoms with Crippen molar-refractivity contribution in [2.75, 3.05) is 0 Å². The van der Waals surface area contributed by atoms with Crippen molar-refractivity contribution in [1.29, 1.82) is 0 Å². The van der Waals surface area contributed by atoms with Crippen LogP contribution in [0.1, 0.15) is 40.3 Å². The zero-order chi connectivity index (χ0) is 17.8. The highest BCUT2D eigenvalue weighted by molar-refractivity contribution is 5.74. The van der Waals surface area contributed by atoms with E-state index in [-0.39, 0.29) is 0 Å². The molecule has 0 saturated heterocycles. The molecule has 26 heavy (non-hydrogen) atoms. The lowest BCUT2D eigenvalue weighted by molar-refractivity contribution is 0.111. The van der Waals surface area contributed by atoms with Crippen LogP contribution in [0.3, 0.4) is 0 Å². The number of hydrogen-bond acceptors (Lipinski definition) is 6. The molecule has 3 heterocycles. The molecule has 0 fully saturated rings. The van der Waals surface area contributed by atoms with Gasteiger partial charge in [0.2, 0.25) is 5.88 Å². The van der Waals surface area contributed by atoms with E-state index in [4.69, 9.17) is 4.74 Å². The van der Waals surface area contributed by atoms with Crippen molar-refractivity contribution in [2.45, 2.75) is 32.3 Å². The van der Waals surface area contributed by atoms with Gasteiger partial charge in [-0.1, -0.05) is 6.07 Å². The number of carbonyl (C=O) groups is 1. The second-order valence-electron chi connectivity index (χ2n) is 6.20. The molecule has 0 unspecified atom stereocenters. The first kappa shape index (κ1) is 16.3. The lowest BCUT2D eigenvalue weighted by atomic mass is 9.91. The van der Waals surface area contributed by atoms with Gasteiger partial charge in [0, 0.05) is 23.5 Å². The summed E-state index contributed by atoms with van der Waals surface area (Å²) in [7, 11) is 0. The number of aldehydes is 1. The Bertz CT molecular complexity index is 928. The van der Waals surface area contributed by atoms with Crippen LogP contribution in [0.15, 0.2) is 42.9 Å². The molecule has 6 heteroatoms. The molecule has 0 atom stereocenters. The summed E-state index contributed by atoms with van der Waals surface area (Å²) in [6.07, 6.45) is 9.70. The quantitative estimate of drug-likeness (QED) is 0.660. The van der Waals surface area contributed by atoms with Gasteiger partial charge in [-0.15, -0.1) is 0 Å².